The maximum Gasteiger partial charge on any atom is 0.309 e. The van der Waals surface area contributed by atoms with Crippen molar-refractivity contribution in [2.24, 2.45) is 17.8 Å². The molecule has 3 aliphatic rings. The van der Waals surface area contributed by atoms with Crippen molar-refractivity contribution in [3.8, 4) is 0 Å². The fourth-order valence-corrected chi connectivity index (χ4v) is 4.80. The Labute approximate surface area is 120 Å². The van der Waals surface area contributed by atoms with Gasteiger partial charge >= 0.3 is 5.97 Å². The lowest BCUT2D eigenvalue weighted by Gasteiger charge is -2.60. The van der Waals surface area contributed by atoms with Gasteiger partial charge in [-0.1, -0.05) is 13.8 Å². The Balaban J connectivity index is 1.87. The minimum absolute atomic E-state index is 0.00679. The minimum atomic E-state index is -0.685. The Morgan fingerprint density at radius 3 is 2.90 bits per heavy atom. The van der Waals surface area contributed by atoms with Crippen molar-refractivity contribution in [2.45, 2.75) is 76.1 Å². The van der Waals surface area contributed by atoms with Crippen LogP contribution in [0.2, 0.25) is 0 Å². The predicted molar refractivity (Wildman–Crippen MR) is 73.9 cm³/mol. The zero-order valence-corrected chi connectivity index (χ0v) is 12.5. The van der Waals surface area contributed by atoms with Crippen LogP contribution >= 0.6 is 0 Å². The number of hydrogen-bond acceptors (Lipinski definition) is 4. The monoisotopic (exact) mass is 282 g/mol. The van der Waals surface area contributed by atoms with Crippen LogP contribution in [0.4, 0.5) is 0 Å². The Morgan fingerprint density at radius 2 is 2.20 bits per heavy atom. The molecule has 0 aliphatic heterocycles. The average Bonchev–Trinajstić information content (AvgIpc) is 2.34. The second-order valence-corrected chi connectivity index (χ2v) is 7.42. The van der Waals surface area contributed by atoms with Crippen molar-refractivity contribution in [1.82, 2.24) is 0 Å². The van der Waals surface area contributed by atoms with E-state index in [4.69, 9.17) is 4.74 Å². The summed E-state index contributed by atoms with van der Waals surface area (Å²) >= 11 is 0. The van der Waals surface area contributed by atoms with E-state index in [0.29, 0.717) is 6.42 Å². The highest BCUT2D eigenvalue weighted by atomic mass is 16.6. The number of carbonyl (C=O) groups is 1. The summed E-state index contributed by atoms with van der Waals surface area (Å²) in [6, 6.07) is 0. The van der Waals surface area contributed by atoms with Crippen molar-refractivity contribution >= 4 is 5.97 Å². The first-order valence-corrected chi connectivity index (χ1v) is 8.01. The maximum absolute atomic E-state index is 12.2. The fourth-order valence-electron chi connectivity index (χ4n) is 4.80. The maximum atomic E-state index is 12.2. The third kappa shape index (κ3) is 2.17. The van der Waals surface area contributed by atoms with Crippen molar-refractivity contribution in [3.05, 3.63) is 0 Å². The Morgan fingerprint density at radius 1 is 1.45 bits per heavy atom. The number of carbonyl (C=O) groups excluding carboxylic acids is 1. The molecule has 0 aromatic rings. The molecule has 0 amide bonds. The lowest BCUT2D eigenvalue weighted by atomic mass is 9.52. The van der Waals surface area contributed by atoms with E-state index in [0.717, 1.165) is 38.5 Å². The van der Waals surface area contributed by atoms with Gasteiger partial charge < -0.3 is 14.9 Å². The Bertz CT molecular complexity index is 409. The molecule has 0 aromatic heterocycles. The Hall–Kier alpha value is -0.610. The number of aliphatic hydroxyl groups excluding tert-OH is 1. The van der Waals surface area contributed by atoms with Gasteiger partial charge in [-0.3, -0.25) is 4.79 Å². The molecule has 3 aliphatic carbocycles. The summed E-state index contributed by atoms with van der Waals surface area (Å²) in [6.07, 6.45) is 4.69. The molecule has 2 N–H and O–H groups in total. The van der Waals surface area contributed by atoms with Crippen LogP contribution in [0, 0.1) is 17.8 Å². The normalized spacial score (nSPS) is 47.9. The van der Waals surface area contributed by atoms with Gasteiger partial charge in [-0.2, -0.15) is 0 Å². The first-order valence-electron chi connectivity index (χ1n) is 8.01. The van der Waals surface area contributed by atoms with Crippen LogP contribution in [0.3, 0.4) is 0 Å². The van der Waals surface area contributed by atoms with Crippen LogP contribution in [0.15, 0.2) is 0 Å². The molecule has 0 aromatic carbocycles. The molecule has 3 bridgehead atoms. The second-order valence-electron chi connectivity index (χ2n) is 7.42. The first-order chi connectivity index (χ1) is 9.37. The van der Waals surface area contributed by atoms with Crippen molar-refractivity contribution in [3.63, 3.8) is 0 Å². The van der Waals surface area contributed by atoms with Crippen LogP contribution in [0.1, 0.15) is 58.8 Å². The summed E-state index contributed by atoms with van der Waals surface area (Å²) in [5.41, 5.74) is -1.30. The minimum Gasteiger partial charge on any atom is -0.458 e. The molecule has 20 heavy (non-hydrogen) atoms. The van der Waals surface area contributed by atoms with E-state index in [9.17, 15) is 15.0 Å². The van der Waals surface area contributed by atoms with Crippen LogP contribution < -0.4 is 0 Å². The van der Waals surface area contributed by atoms with Gasteiger partial charge in [-0.15, -0.1) is 0 Å². The van der Waals surface area contributed by atoms with Crippen LogP contribution in [0.5, 0.6) is 0 Å². The molecule has 0 spiro atoms. The van der Waals surface area contributed by atoms with Gasteiger partial charge in [0.05, 0.1) is 17.6 Å². The third-order valence-corrected chi connectivity index (χ3v) is 5.89. The second kappa shape index (κ2) is 4.70. The quantitative estimate of drug-likeness (QED) is 0.777. The predicted octanol–water partition coefficient (Wildman–Crippen LogP) is 2.02. The van der Waals surface area contributed by atoms with E-state index in [-0.39, 0.29) is 29.8 Å². The summed E-state index contributed by atoms with van der Waals surface area (Å²) in [5, 5.41) is 21.1. The molecule has 4 nitrogen and oxygen atoms in total. The van der Waals surface area contributed by atoms with Gasteiger partial charge in [-0.25, -0.2) is 0 Å². The van der Waals surface area contributed by atoms with E-state index >= 15 is 0 Å². The van der Waals surface area contributed by atoms with Gasteiger partial charge in [-0.05, 0) is 44.4 Å². The molecular weight excluding hydrogens is 256 g/mol. The number of rotatable bonds is 3. The van der Waals surface area contributed by atoms with Crippen molar-refractivity contribution in [2.75, 3.05) is 0 Å². The number of aliphatic hydroxyl groups is 2. The number of hydrogen-bond donors (Lipinski definition) is 2. The highest BCUT2D eigenvalue weighted by Crippen LogP contribution is 2.58. The third-order valence-electron chi connectivity index (χ3n) is 5.89. The van der Waals surface area contributed by atoms with Gasteiger partial charge in [0.25, 0.3) is 0 Å². The number of fused-ring (bicyclic) bond motifs is 2. The zero-order chi connectivity index (χ0) is 14.5. The summed E-state index contributed by atoms with van der Waals surface area (Å²) in [6.45, 7) is 3.86. The van der Waals surface area contributed by atoms with E-state index < -0.39 is 11.2 Å². The van der Waals surface area contributed by atoms with Gasteiger partial charge in [0.15, 0.2) is 0 Å². The number of esters is 1. The fraction of sp³-hybridized carbons (Fsp3) is 0.938. The molecule has 3 rings (SSSR count). The highest BCUT2D eigenvalue weighted by Gasteiger charge is 2.61. The molecule has 0 heterocycles. The van der Waals surface area contributed by atoms with E-state index in [1.165, 1.54) is 0 Å². The summed E-state index contributed by atoms with van der Waals surface area (Å²) in [4.78, 5) is 12.2. The molecule has 3 fully saturated rings. The Kier molecular flexibility index (Phi) is 3.37. The highest BCUT2D eigenvalue weighted by molar-refractivity contribution is 5.72. The zero-order valence-electron chi connectivity index (χ0n) is 12.5. The smallest absolute Gasteiger partial charge is 0.309 e. The molecule has 6 atom stereocenters. The molecule has 3 saturated carbocycles. The van der Waals surface area contributed by atoms with Gasteiger partial charge in [0, 0.05) is 12.3 Å². The SMILES string of the molecule is CCC(C)C(=O)OC12CC3CC(O)C1CCC(O)(C3)C2. The molecule has 6 unspecified atom stereocenters. The number of ether oxygens (including phenoxy) is 1. The standard InChI is InChI=1S/C16H26O4/c1-3-10(2)14(18)20-16-8-11-6-13(17)12(16)4-5-15(19,7-11)9-16/h10-13,17,19H,3-9H2,1-2H3. The molecule has 114 valence electrons. The summed E-state index contributed by atoms with van der Waals surface area (Å²) < 4.78 is 5.91. The summed E-state index contributed by atoms with van der Waals surface area (Å²) in [7, 11) is 0. The molecular formula is C16H26O4. The van der Waals surface area contributed by atoms with E-state index in [1.54, 1.807) is 0 Å². The molecule has 4 heteroatoms. The van der Waals surface area contributed by atoms with Gasteiger partial charge in [0.2, 0.25) is 0 Å². The van der Waals surface area contributed by atoms with Crippen LogP contribution in [-0.2, 0) is 9.53 Å². The van der Waals surface area contributed by atoms with E-state index in [2.05, 4.69) is 0 Å². The van der Waals surface area contributed by atoms with E-state index in [1.807, 2.05) is 13.8 Å². The lowest BCUT2D eigenvalue weighted by Crippen LogP contribution is -2.64. The largest absolute Gasteiger partial charge is 0.458 e. The molecule has 0 radical (unpaired) electrons. The van der Waals surface area contributed by atoms with Crippen LogP contribution in [0.25, 0.3) is 0 Å². The average molecular weight is 282 g/mol. The van der Waals surface area contributed by atoms with Crippen LogP contribution in [-0.4, -0.2) is 33.5 Å². The van der Waals surface area contributed by atoms with Crippen molar-refractivity contribution in [1.29, 1.82) is 0 Å². The first kappa shape index (κ1) is 14.3. The molecule has 0 saturated heterocycles. The lowest BCUT2D eigenvalue weighted by molar-refractivity contribution is -0.243. The van der Waals surface area contributed by atoms with Gasteiger partial charge in [0.1, 0.15) is 5.60 Å². The topological polar surface area (TPSA) is 66.8 Å². The summed E-state index contributed by atoms with van der Waals surface area (Å²) in [5.74, 6) is 0.00542. The van der Waals surface area contributed by atoms with Crippen molar-refractivity contribution < 1.29 is 19.7 Å².